The molecule has 0 spiro atoms. The number of hydrogen-bond acceptors (Lipinski definition) is 3. The summed E-state index contributed by atoms with van der Waals surface area (Å²) in [6.07, 6.45) is 1.11. The van der Waals surface area contributed by atoms with Gasteiger partial charge in [-0.1, -0.05) is 23.7 Å². The van der Waals surface area contributed by atoms with Gasteiger partial charge in [0.1, 0.15) is 0 Å². The molecule has 2 rings (SSSR count). The van der Waals surface area contributed by atoms with Crippen molar-refractivity contribution in [2.45, 2.75) is 18.9 Å². The number of aliphatic hydroxyl groups excluding tert-OH is 1. The van der Waals surface area contributed by atoms with E-state index in [0.717, 1.165) is 18.4 Å². The first-order valence-electron chi connectivity index (χ1n) is 6.53. The number of hydrogen-bond donors (Lipinski definition) is 2. The lowest BCUT2D eigenvalue weighted by atomic mass is 9.87. The van der Waals surface area contributed by atoms with Crippen molar-refractivity contribution in [3.63, 3.8) is 0 Å². The summed E-state index contributed by atoms with van der Waals surface area (Å²) in [5, 5.41) is 11.0. The van der Waals surface area contributed by atoms with E-state index in [2.05, 4.69) is 0 Å². The lowest BCUT2D eigenvalue weighted by Crippen LogP contribution is -2.42. The van der Waals surface area contributed by atoms with Crippen LogP contribution in [-0.4, -0.2) is 35.5 Å². The van der Waals surface area contributed by atoms with Crippen LogP contribution in [0, 0.1) is 5.92 Å². The van der Waals surface area contributed by atoms with Crippen molar-refractivity contribution < 1.29 is 9.90 Å². The average Bonchev–Trinajstić information content (AvgIpc) is 2.46. The smallest absolute Gasteiger partial charge is 0.236 e. The van der Waals surface area contributed by atoms with Crippen LogP contribution in [-0.2, 0) is 4.79 Å². The number of piperidine rings is 1. The molecule has 1 unspecified atom stereocenters. The van der Waals surface area contributed by atoms with Crippen molar-refractivity contribution in [3.8, 4) is 0 Å². The first kappa shape index (κ1) is 17.2. The molecule has 1 aromatic carbocycles. The lowest BCUT2D eigenvalue weighted by Gasteiger charge is -2.34. The molecule has 0 saturated carbocycles. The van der Waals surface area contributed by atoms with Crippen molar-refractivity contribution in [2.75, 3.05) is 19.6 Å². The van der Waals surface area contributed by atoms with Gasteiger partial charge < -0.3 is 15.7 Å². The highest BCUT2D eigenvalue weighted by atomic mass is 35.5. The highest BCUT2D eigenvalue weighted by Crippen LogP contribution is 2.31. The maximum Gasteiger partial charge on any atom is 0.236 e. The largest absolute Gasteiger partial charge is 0.388 e. The molecule has 6 heteroatoms. The summed E-state index contributed by atoms with van der Waals surface area (Å²) in [5.74, 6) is 0.169. The van der Waals surface area contributed by atoms with Crippen molar-refractivity contribution in [1.82, 2.24) is 4.90 Å². The summed E-state index contributed by atoms with van der Waals surface area (Å²) < 4.78 is 0. The summed E-state index contributed by atoms with van der Waals surface area (Å²) >= 11 is 5.83. The van der Waals surface area contributed by atoms with Crippen LogP contribution in [0.3, 0.4) is 0 Å². The molecule has 0 radical (unpaired) electrons. The molecule has 1 aliphatic heterocycles. The van der Waals surface area contributed by atoms with Crippen LogP contribution in [0.2, 0.25) is 5.02 Å². The van der Waals surface area contributed by atoms with E-state index < -0.39 is 6.10 Å². The molecule has 3 N–H and O–H groups in total. The van der Waals surface area contributed by atoms with Crippen molar-refractivity contribution in [1.29, 1.82) is 0 Å². The van der Waals surface area contributed by atoms with E-state index in [4.69, 9.17) is 17.3 Å². The highest BCUT2D eigenvalue weighted by molar-refractivity contribution is 6.30. The first-order chi connectivity index (χ1) is 9.11. The molecule has 1 saturated heterocycles. The predicted octanol–water partition coefficient (Wildman–Crippen LogP) is 1.99. The Morgan fingerprint density at radius 3 is 2.40 bits per heavy atom. The summed E-state index contributed by atoms with van der Waals surface area (Å²) in [6, 6.07) is 7.27. The van der Waals surface area contributed by atoms with Crippen LogP contribution in [0.15, 0.2) is 24.3 Å². The second-order valence-corrected chi connectivity index (χ2v) is 5.36. The average molecular weight is 319 g/mol. The maximum absolute atomic E-state index is 11.5. The molecule has 1 fully saturated rings. The SMILES string of the molecule is Cl.NCC(=O)N1CCC(C(O)c2ccc(Cl)cc2)CC1. The number of likely N-dealkylation sites (tertiary alicyclic amines) is 1. The molecule has 4 nitrogen and oxygen atoms in total. The van der Waals surface area contributed by atoms with E-state index in [1.165, 1.54) is 0 Å². The molecule has 112 valence electrons. The van der Waals surface area contributed by atoms with Gasteiger partial charge in [-0.05, 0) is 36.5 Å². The van der Waals surface area contributed by atoms with Gasteiger partial charge in [-0.25, -0.2) is 0 Å². The Bertz CT molecular complexity index is 431. The number of benzene rings is 1. The maximum atomic E-state index is 11.5. The number of amides is 1. The second-order valence-electron chi connectivity index (χ2n) is 4.92. The van der Waals surface area contributed by atoms with Crippen LogP contribution in [0.5, 0.6) is 0 Å². The zero-order valence-electron chi connectivity index (χ0n) is 11.2. The molecule has 1 atom stereocenters. The highest BCUT2D eigenvalue weighted by Gasteiger charge is 2.27. The Hall–Kier alpha value is -0.810. The first-order valence-corrected chi connectivity index (χ1v) is 6.91. The van der Waals surface area contributed by atoms with Crippen LogP contribution in [0.1, 0.15) is 24.5 Å². The van der Waals surface area contributed by atoms with E-state index in [-0.39, 0.29) is 30.8 Å². The number of aliphatic hydroxyl groups is 1. The predicted molar refractivity (Wildman–Crippen MR) is 82.0 cm³/mol. The van der Waals surface area contributed by atoms with Crippen LogP contribution < -0.4 is 5.73 Å². The van der Waals surface area contributed by atoms with Gasteiger partial charge >= 0.3 is 0 Å². The Labute approximate surface area is 130 Å². The van der Waals surface area contributed by atoms with Gasteiger partial charge in [0.2, 0.25) is 5.91 Å². The summed E-state index contributed by atoms with van der Waals surface area (Å²) in [4.78, 5) is 13.2. The monoisotopic (exact) mass is 318 g/mol. The molecular formula is C14H20Cl2N2O2. The standard InChI is InChI=1S/C14H19ClN2O2.ClH/c15-12-3-1-10(2-4-12)14(19)11-5-7-17(8-6-11)13(18)9-16;/h1-4,11,14,19H,5-9,16H2;1H. The van der Waals surface area contributed by atoms with Crippen LogP contribution in [0.4, 0.5) is 0 Å². The van der Waals surface area contributed by atoms with Crippen molar-refractivity contribution in [3.05, 3.63) is 34.9 Å². The van der Waals surface area contributed by atoms with Gasteiger partial charge in [-0.15, -0.1) is 12.4 Å². The van der Waals surface area contributed by atoms with Gasteiger partial charge in [0, 0.05) is 18.1 Å². The molecule has 0 aliphatic carbocycles. The van der Waals surface area contributed by atoms with Crippen LogP contribution >= 0.6 is 24.0 Å². The molecule has 1 heterocycles. The molecule has 20 heavy (non-hydrogen) atoms. The number of halogens is 2. The quantitative estimate of drug-likeness (QED) is 0.895. The Morgan fingerprint density at radius 2 is 1.90 bits per heavy atom. The Kier molecular flexibility index (Phi) is 6.76. The Balaban J connectivity index is 0.00000200. The number of carbonyl (C=O) groups excluding carboxylic acids is 1. The summed E-state index contributed by atoms with van der Waals surface area (Å²) in [6.45, 7) is 1.40. The molecule has 1 aromatic rings. The molecule has 1 amide bonds. The third-order valence-electron chi connectivity index (χ3n) is 3.72. The van der Waals surface area contributed by atoms with Gasteiger partial charge in [0.05, 0.1) is 12.6 Å². The van der Waals surface area contributed by atoms with E-state index in [9.17, 15) is 9.90 Å². The van der Waals surface area contributed by atoms with E-state index in [1.807, 2.05) is 12.1 Å². The molecule has 1 aliphatic rings. The van der Waals surface area contributed by atoms with Gasteiger partial charge in [0.25, 0.3) is 0 Å². The third-order valence-corrected chi connectivity index (χ3v) is 3.98. The van der Waals surface area contributed by atoms with Crippen molar-refractivity contribution >= 4 is 29.9 Å². The second kappa shape index (κ2) is 7.84. The summed E-state index contributed by atoms with van der Waals surface area (Å²) in [7, 11) is 0. The molecule has 0 aromatic heterocycles. The number of rotatable bonds is 3. The summed E-state index contributed by atoms with van der Waals surface area (Å²) in [5.41, 5.74) is 6.23. The van der Waals surface area contributed by atoms with E-state index >= 15 is 0 Å². The van der Waals surface area contributed by atoms with E-state index in [1.54, 1.807) is 17.0 Å². The zero-order valence-corrected chi connectivity index (χ0v) is 12.7. The Morgan fingerprint density at radius 1 is 1.35 bits per heavy atom. The minimum atomic E-state index is -0.493. The van der Waals surface area contributed by atoms with Gasteiger partial charge in [-0.3, -0.25) is 4.79 Å². The number of nitrogens with zero attached hydrogens (tertiary/aromatic N) is 1. The number of carbonyl (C=O) groups is 1. The zero-order chi connectivity index (χ0) is 13.8. The fourth-order valence-corrected chi connectivity index (χ4v) is 2.65. The minimum Gasteiger partial charge on any atom is -0.388 e. The van der Waals surface area contributed by atoms with Crippen molar-refractivity contribution in [2.24, 2.45) is 11.7 Å². The van der Waals surface area contributed by atoms with Gasteiger partial charge in [0.15, 0.2) is 0 Å². The fourth-order valence-electron chi connectivity index (χ4n) is 2.53. The van der Waals surface area contributed by atoms with Crippen LogP contribution in [0.25, 0.3) is 0 Å². The topological polar surface area (TPSA) is 66.6 Å². The fraction of sp³-hybridized carbons (Fsp3) is 0.500. The number of nitrogens with two attached hydrogens (primary N) is 1. The molecule has 0 bridgehead atoms. The lowest BCUT2D eigenvalue weighted by molar-refractivity contribution is -0.131. The van der Waals surface area contributed by atoms with Gasteiger partial charge in [-0.2, -0.15) is 0 Å². The molecular weight excluding hydrogens is 299 g/mol. The third kappa shape index (κ3) is 4.09. The van der Waals surface area contributed by atoms with E-state index in [0.29, 0.717) is 18.1 Å². The minimum absolute atomic E-state index is 0. The normalized spacial score (nSPS) is 17.4.